The van der Waals surface area contributed by atoms with Crippen molar-refractivity contribution in [3.63, 3.8) is 0 Å². The van der Waals surface area contributed by atoms with Crippen molar-refractivity contribution in [3.05, 3.63) is 41.6 Å². The molecule has 0 aromatic carbocycles. The summed E-state index contributed by atoms with van der Waals surface area (Å²) in [6, 6.07) is 8.95. The fourth-order valence-electron chi connectivity index (χ4n) is 4.07. The standard InChI is InChI=1S/C22H28FN5O/c1-14(2)15-3-4-24-20(5-15)25-21-6-16(7-22(26-21)28-10-18(23)11-28)17-8-27(9-17)19-12-29-13-19/h3-7,14,17-19H,8-13H2,1-2H3,(H,24,25,26). The van der Waals surface area contributed by atoms with Crippen LogP contribution in [0.2, 0.25) is 0 Å². The van der Waals surface area contributed by atoms with Gasteiger partial charge in [-0.25, -0.2) is 14.4 Å². The van der Waals surface area contributed by atoms with Crippen molar-refractivity contribution < 1.29 is 9.13 Å². The minimum absolute atomic E-state index is 0.424. The van der Waals surface area contributed by atoms with Crippen LogP contribution in [0, 0.1) is 0 Å². The van der Waals surface area contributed by atoms with Gasteiger partial charge in [0.2, 0.25) is 0 Å². The van der Waals surface area contributed by atoms with Crippen molar-refractivity contribution in [2.75, 3.05) is 49.6 Å². The number of nitrogens with zero attached hydrogens (tertiary/aromatic N) is 4. The van der Waals surface area contributed by atoms with Crippen LogP contribution in [0.15, 0.2) is 30.5 Å². The predicted octanol–water partition coefficient (Wildman–Crippen LogP) is 3.30. The molecule has 0 spiro atoms. The van der Waals surface area contributed by atoms with E-state index in [4.69, 9.17) is 9.72 Å². The first-order valence-electron chi connectivity index (χ1n) is 10.5. The van der Waals surface area contributed by atoms with E-state index in [2.05, 4.69) is 47.2 Å². The second-order valence-electron chi connectivity index (χ2n) is 8.74. The molecule has 3 aliphatic heterocycles. The Balaban J connectivity index is 1.37. The summed E-state index contributed by atoms with van der Waals surface area (Å²) in [5.41, 5.74) is 2.50. The van der Waals surface area contributed by atoms with Gasteiger partial charge >= 0.3 is 0 Å². The monoisotopic (exact) mass is 397 g/mol. The van der Waals surface area contributed by atoms with Gasteiger partial charge in [0.05, 0.1) is 32.3 Å². The lowest BCUT2D eigenvalue weighted by atomic mass is 9.89. The second kappa shape index (κ2) is 7.54. The molecule has 5 rings (SSSR count). The number of likely N-dealkylation sites (tertiary alicyclic amines) is 1. The highest BCUT2D eigenvalue weighted by Gasteiger charge is 2.37. The third kappa shape index (κ3) is 3.81. The Kier molecular flexibility index (Phi) is 4.87. The highest BCUT2D eigenvalue weighted by molar-refractivity contribution is 5.59. The second-order valence-corrected chi connectivity index (χ2v) is 8.74. The number of rotatable bonds is 6. The van der Waals surface area contributed by atoms with Crippen LogP contribution in [0.3, 0.4) is 0 Å². The van der Waals surface area contributed by atoms with Gasteiger partial charge in [0, 0.05) is 25.2 Å². The minimum atomic E-state index is -0.751. The van der Waals surface area contributed by atoms with Gasteiger partial charge in [-0.1, -0.05) is 13.8 Å². The van der Waals surface area contributed by atoms with Crippen LogP contribution in [0.4, 0.5) is 21.8 Å². The molecule has 0 atom stereocenters. The Morgan fingerprint density at radius 2 is 1.90 bits per heavy atom. The van der Waals surface area contributed by atoms with Gasteiger partial charge in [-0.3, -0.25) is 4.90 Å². The number of pyridine rings is 2. The molecule has 7 heteroatoms. The van der Waals surface area contributed by atoms with Crippen molar-refractivity contribution in [2.24, 2.45) is 0 Å². The number of ether oxygens (including phenoxy) is 1. The molecule has 29 heavy (non-hydrogen) atoms. The number of hydrogen-bond donors (Lipinski definition) is 1. The highest BCUT2D eigenvalue weighted by atomic mass is 19.1. The van der Waals surface area contributed by atoms with Crippen LogP contribution < -0.4 is 10.2 Å². The molecule has 3 fully saturated rings. The molecule has 3 saturated heterocycles. The number of halogens is 1. The molecular formula is C22H28FN5O. The maximum atomic E-state index is 13.4. The molecule has 2 aromatic heterocycles. The van der Waals surface area contributed by atoms with Crippen molar-refractivity contribution in [2.45, 2.75) is 37.9 Å². The largest absolute Gasteiger partial charge is 0.378 e. The number of nitrogens with one attached hydrogen (secondary N) is 1. The van der Waals surface area contributed by atoms with Gasteiger partial charge < -0.3 is 15.0 Å². The molecule has 0 radical (unpaired) electrons. The molecule has 0 aliphatic carbocycles. The summed E-state index contributed by atoms with van der Waals surface area (Å²) >= 11 is 0. The van der Waals surface area contributed by atoms with E-state index in [-0.39, 0.29) is 0 Å². The molecule has 0 saturated carbocycles. The van der Waals surface area contributed by atoms with Crippen LogP contribution >= 0.6 is 0 Å². The Morgan fingerprint density at radius 3 is 2.55 bits per heavy atom. The lowest BCUT2D eigenvalue weighted by molar-refractivity contribution is -0.0906. The average molecular weight is 397 g/mol. The normalized spacial score (nSPS) is 21.0. The zero-order valence-electron chi connectivity index (χ0n) is 17.0. The summed E-state index contributed by atoms with van der Waals surface area (Å²) in [5.74, 6) is 3.34. The fourth-order valence-corrected chi connectivity index (χ4v) is 4.07. The van der Waals surface area contributed by atoms with Gasteiger partial charge in [-0.2, -0.15) is 0 Å². The van der Waals surface area contributed by atoms with E-state index in [9.17, 15) is 4.39 Å². The lowest BCUT2D eigenvalue weighted by Crippen LogP contribution is -2.58. The summed E-state index contributed by atoms with van der Waals surface area (Å²) < 4.78 is 18.7. The van der Waals surface area contributed by atoms with E-state index in [1.54, 1.807) is 0 Å². The first-order valence-corrected chi connectivity index (χ1v) is 10.5. The third-order valence-electron chi connectivity index (χ3n) is 6.22. The van der Waals surface area contributed by atoms with Crippen LogP contribution in [0.25, 0.3) is 0 Å². The molecule has 0 unspecified atom stereocenters. The number of alkyl halides is 1. The van der Waals surface area contributed by atoms with Crippen molar-refractivity contribution in [1.29, 1.82) is 0 Å². The quantitative estimate of drug-likeness (QED) is 0.807. The van der Waals surface area contributed by atoms with Crippen molar-refractivity contribution >= 4 is 17.5 Å². The molecule has 3 aliphatic rings. The van der Waals surface area contributed by atoms with Crippen LogP contribution in [-0.4, -0.2) is 66.5 Å². The summed E-state index contributed by atoms with van der Waals surface area (Å²) in [6.45, 7) is 8.98. The van der Waals surface area contributed by atoms with Crippen LogP contribution in [0.1, 0.15) is 36.8 Å². The van der Waals surface area contributed by atoms with Crippen molar-refractivity contribution in [3.8, 4) is 0 Å². The summed E-state index contributed by atoms with van der Waals surface area (Å²) in [6.07, 6.45) is 1.08. The zero-order valence-corrected chi connectivity index (χ0v) is 17.0. The molecule has 2 aromatic rings. The summed E-state index contributed by atoms with van der Waals surface area (Å²) in [7, 11) is 0. The average Bonchev–Trinajstić information content (AvgIpc) is 2.60. The van der Waals surface area contributed by atoms with Gasteiger partial charge in [-0.15, -0.1) is 0 Å². The number of hydrogen-bond acceptors (Lipinski definition) is 6. The summed E-state index contributed by atoms with van der Waals surface area (Å²) in [4.78, 5) is 13.7. The third-order valence-corrected chi connectivity index (χ3v) is 6.22. The number of anilines is 3. The summed E-state index contributed by atoms with van der Waals surface area (Å²) in [5, 5.41) is 3.38. The van der Waals surface area contributed by atoms with Crippen LogP contribution in [-0.2, 0) is 4.74 Å². The van der Waals surface area contributed by atoms with Gasteiger partial charge in [-0.05, 0) is 41.3 Å². The van der Waals surface area contributed by atoms with E-state index < -0.39 is 6.17 Å². The molecule has 154 valence electrons. The first-order chi connectivity index (χ1) is 14.0. The maximum Gasteiger partial charge on any atom is 0.135 e. The Labute approximate surface area is 171 Å². The Bertz CT molecular complexity index is 875. The Hall–Kier alpha value is -2.25. The minimum Gasteiger partial charge on any atom is -0.378 e. The topological polar surface area (TPSA) is 53.5 Å². The molecule has 0 bridgehead atoms. The van der Waals surface area contributed by atoms with Gasteiger partial charge in [0.25, 0.3) is 0 Å². The number of aromatic nitrogens is 2. The van der Waals surface area contributed by atoms with E-state index in [1.165, 1.54) is 11.1 Å². The van der Waals surface area contributed by atoms with Gasteiger partial charge in [0.1, 0.15) is 23.6 Å². The smallest absolute Gasteiger partial charge is 0.135 e. The Morgan fingerprint density at radius 1 is 1.10 bits per heavy atom. The zero-order chi connectivity index (χ0) is 20.0. The molecule has 0 amide bonds. The molecule has 6 nitrogen and oxygen atoms in total. The molecular weight excluding hydrogens is 369 g/mol. The van der Waals surface area contributed by atoms with E-state index in [0.717, 1.165) is 43.8 Å². The maximum absolute atomic E-state index is 13.4. The van der Waals surface area contributed by atoms with Crippen LogP contribution in [0.5, 0.6) is 0 Å². The van der Waals surface area contributed by atoms with E-state index in [0.29, 0.717) is 31.0 Å². The SMILES string of the molecule is CC(C)c1ccnc(Nc2cc(C3CN(C4COC4)C3)cc(N3CC(F)C3)n2)c1. The molecule has 5 heterocycles. The molecule has 1 N–H and O–H groups in total. The first kappa shape index (κ1) is 18.8. The fraction of sp³-hybridized carbons (Fsp3) is 0.545. The van der Waals surface area contributed by atoms with E-state index >= 15 is 0 Å². The van der Waals surface area contributed by atoms with E-state index in [1.807, 2.05) is 17.2 Å². The van der Waals surface area contributed by atoms with Gasteiger partial charge in [0.15, 0.2) is 0 Å². The lowest BCUT2D eigenvalue weighted by Gasteiger charge is -2.47. The van der Waals surface area contributed by atoms with Crippen molar-refractivity contribution in [1.82, 2.24) is 14.9 Å². The predicted molar refractivity (Wildman–Crippen MR) is 112 cm³/mol. The highest BCUT2D eigenvalue weighted by Crippen LogP contribution is 2.35.